The minimum absolute atomic E-state index is 0.0590. The molecule has 0 aliphatic heterocycles. The van der Waals surface area contributed by atoms with E-state index in [-0.39, 0.29) is 25.2 Å². The molecule has 0 amide bonds. The van der Waals surface area contributed by atoms with Crippen molar-refractivity contribution < 1.29 is 24.2 Å². The molecule has 0 fully saturated rings. The van der Waals surface area contributed by atoms with Crippen molar-refractivity contribution in [3.8, 4) is 0 Å². The maximum absolute atomic E-state index is 12.3. The molecule has 0 saturated carbocycles. The Morgan fingerprint density at radius 1 is 0.348 bits per heavy atom. The van der Waals surface area contributed by atoms with Gasteiger partial charge in [-0.05, 0) is 51.4 Å². The first-order valence-electron chi connectivity index (χ1n) is 29.5. The van der Waals surface area contributed by atoms with Crippen molar-refractivity contribution in [1.82, 2.24) is 0 Å². The zero-order valence-corrected chi connectivity index (χ0v) is 44.5. The van der Waals surface area contributed by atoms with Gasteiger partial charge in [0.05, 0.1) is 6.61 Å². The van der Waals surface area contributed by atoms with E-state index in [2.05, 4.69) is 50.3 Å². The molecule has 5 nitrogen and oxygen atoms in total. The van der Waals surface area contributed by atoms with E-state index in [0.29, 0.717) is 12.8 Å². The molecule has 5 heteroatoms. The van der Waals surface area contributed by atoms with Gasteiger partial charge in [-0.2, -0.15) is 0 Å². The SMILES string of the molecule is CCCCCCC/C=C\C/C=C\C/C=C\CCCCCCCCCCCCCCCCCCCCCCCCCCCCC(=O)OC(CO)COC(=O)CCCCCCCCCCCCC. The summed E-state index contributed by atoms with van der Waals surface area (Å²) in [5.41, 5.74) is 0. The summed E-state index contributed by atoms with van der Waals surface area (Å²) in [5, 5.41) is 9.61. The van der Waals surface area contributed by atoms with Crippen molar-refractivity contribution >= 4 is 11.9 Å². The second kappa shape index (κ2) is 57.4. The summed E-state index contributed by atoms with van der Waals surface area (Å²) < 4.78 is 10.7. The minimum atomic E-state index is -0.765. The van der Waals surface area contributed by atoms with Crippen LogP contribution in [0.5, 0.6) is 0 Å². The average molecular weight is 928 g/mol. The molecule has 0 rings (SSSR count). The van der Waals surface area contributed by atoms with Gasteiger partial charge in [0.2, 0.25) is 0 Å². The third-order valence-electron chi connectivity index (χ3n) is 13.4. The van der Waals surface area contributed by atoms with Crippen LogP contribution in [-0.2, 0) is 19.1 Å². The Kier molecular flexibility index (Phi) is 55.8. The van der Waals surface area contributed by atoms with Crippen LogP contribution in [0.2, 0.25) is 0 Å². The monoisotopic (exact) mass is 927 g/mol. The summed E-state index contributed by atoms with van der Waals surface area (Å²) in [6.07, 6.45) is 74.5. The van der Waals surface area contributed by atoms with E-state index in [9.17, 15) is 14.7 Å². The number of unbranched alkanes of at least 4 members (excludes halogenated alkanes) is 41. The smallest absolute Gasteiger partial charge is 0.306 e. The number of aliphatic hydroxyl groups excluding tert-OH is 1. The van der Waals surface area contributed by atoms with Gasteiger partial charge in [-0.15, -0.1) is 0 Å². The van der Waals surface area contributed by atoms with E-state index in [1.165, 1.54) is 244 Å². The van der Waals surface area contributed by atoms with Crippen molar-refractivity contribution in [2.45, 2.75) is 328 Å². The Morgan fingerprint density at radius 3 is 0.909 bits per heavy atom. The minimum Gasteiger partial charge on any atom is -0.462 e. The Morgan fingerprint density at radius 2 is 0.606 bits per heavy atom. The highest BCUT2D eigenvalue weighted by Gasteiger charge is 2.16. The molecule has 1 N–H and O–H groups in total. The van der Waals surface area contributed by atoms with E-state index in [1.54, 1.807) is 0 Å². The molecule has 0 aromatic rings. The van der Waals surface area contributed by atoms with Crippen LogP contribution in [0.1, 0.15) is 322 Å². The lowest BCUT2D eigenvalue weighted by atomic mass is 10.0. The van der Waals surface area contributed by atoms with Crippen LogP contribution in [0.25, 0.3) is 0 Å². The second-order valence-corrected chi connectivity index (χ2v) is 20.1. The molecule has 66 heavy (non-hydrogen) atoms. The van der Waals surface area contributed by atoms with Crippen LogP contribution in [-0.4, -0.2) is 36.4 Å². The highest BCUT2D eigenvalue weighted by molar-refractivity contribution is 5.70. The standard InChI is InChI=1S/C61H114O5/c1-3-5-7-9-11-13-15-16-17-18-19-20-21-22-23-24-25-26-27-28-29-30-31-32-33-34-35-36-37-38-39-40-41-42-43-44-46-48-50-52-54-56-61(64)66-59(57-62)58-65-60(63)55-53-51-49-47-45-14-12-10-8-6-4-2/h15-16,18-19,21-22,59,62H,3-14,17,20,23-58H2,1-2H3/b16-15-,19-18-,22-21-. The van der Waals surface area contributed by atoms with Crippen LogP contribution < -0.4 is 0 Å². The van der Waals surface area contributed by atoms with Crippen molar-refractivity contribution in [1.29, 1.82) is 0 Å². The summed E-state index contributed by atoms with van der Waals surface area (Å²) in [5.74, 6) is -0.574. The lowest BCUT2D eigenvalue weighted by molar-refractivity contribution is -0.161. The third-order valence-corrected chi connectivity index (χ3v) is 13.4. The van der Waals surface area contributed by atoms with Crippen LogP contribution in [0.3, 0.4) is 0 Å². The molecule has 1 unspecified atom stereocenters. The first-order valence-corrected chi connectivity index (χ1v) is 29.5. The van der Waals surface area contributed by atoms with E-state index in [4.69, 9.17) is 9.47 Å². The van der Waals surface area contributed by atoms with Gasteiger partial charge in [0, 0.05) is 12.8 Å². The molecule has 1 atom stereocenters. The number of hydrogen-bond donors (Lipinski definition) is 1. The Bertz CT molecular complexity index is 1050. The number of esters is 2. The van der Waals surface area contributed by atoms with Crippen molar-refractivity contribution in [3.63, 3.8) is 0 Å². The zero-order valence-electron chi connectivity index (χ0n) is 44.5. The van der Waals surface area contributed by atoms with Gasteiger partial charge in [0.1, 0.15) is 6.61 Å². The predicted molar refractivity (Wildman–Crippen MR) is 288 cm³/mol. The van der Waals surface area contributed by atoms with Gasteiger partial charge in [-0.3, -0.25) is 9.59 Å². The number of allylic oxidation sites excluding steroid dienone is 6. The molecular weight excluding hydrogens is 813 g/mol. The second-order valence-electron chi connectivity index (χ2n) is 20.1. The van der Waals surface area contributed by atoms with Crippen LogP contribution in [0.4, 0.5) is 0 Å². The first-order chi connectivity index (χ1) is 32.6. The number of rotatable bonds is 55. The summed E-state index contributed by atoms with van der Waals surface area (Å²) in [6.45, 7) is 4.15. The molecule has 0 aromatic carbocycles. The van der Waals surface area contributed by atoms with Gasteiger partial charge < -0.3 is 14.6 Å². The molecule has 388 valence electrons. The summed E-state index contributed by atoms with van der Waals surface area (Å²) >= 11 is 0. The van der Waals surface area contributed by atoms with Crippen LogP contribution >= 0.6 is 0 Å². The van der Waals surface area contributed by atoms with Gasteiger partial charge >= 0.3 is 11.9 Å². The molecule has 0 aliphatic rings. The van der Waals surface area contributed by atoms with Crippen LogP contribution in [0.15, 0.2) is 36.5 Å². The highest BCUT2D eigenvalue weighted by atomic mass is 16.6. The molecule has 0 bridgehead atoms. The molecule has 0 heterocycles. The van der Waals surface area contributed by atoms with Crippen LogP contribution in [0, 0.1) is 0 Å². The van der Waals surface area contributed by atoms with Crippen molar-refractivity contribution in [2.75, 3.05) is 13.2 Å². The van der Waals surface area contributed by atoms with E-state index in [1.807, 2.05) is 0 Å². The van der Waals surface area contributed by atoms with Gasteiger partial charge in [0.15, 0.2) is 6.10 Å². The molecule has 0 saturated heterocycles. The highest BCUT2D eigenvalue weighted by Crippen LogP contribution is 2.18. The third kappa shape index (κ3) is 54.7. The number of hydrogen-bond acceptors (Lipinski definition) is 5. The fourth-order valence-electron chi connectivity index (χ4n) is 8.98. The molecular formula is C61H114O5. The van der Waals surface area contributed by atoms with Gasteiger partial charge in [-0.25, -0.2) is 0 Å². The molecule has 0 radical (unpaired) electrons. The topological polar surface area (TPSA) is 72.8 Å². The summed E-state index contributed by atoms with van der Waals surface area (Å²) in [6, 6.07) is 0. The Hall–Kier alpha value is -1.88. The van der Waals surface area contributed by atoms with Crippen molar-refractivity contribution in [3.05, 3.63) is 36.5 Å². The summed E-state index contributed by atoms with van der Waals surface area (Å²) in [7, 11) is 0. The number of ether oxygens (including phenoxy) is 2. The van der Waals surface area contributed by atoms with Gasteiger partial charge in [0.25, 0.3) is 0 Å². The van der Waals surface area contributed by atoms with E-state index in [0.717, 1.165) is 51.4 Å². The quantitative estimate of drug-likeness (QED) is 0.0374. The lowest BCUT2D eigenvalue weighted by Gasteiger charge is -2.15. The largest absolute Gasteiger partial charge is 0.462 e. The van der Waals surface area contributed by atoms with Gasteiger partial charge in [-0.1, -0.05) is 294 Å². The maximum atomic E-state index is 12.3. The number of carbonyl (C=O) groups is 2. The average Bonchev–Trinajstić information content (AvgIpc) is 3.32. The Labute approximate surface area is 412 Å². The zero-order chi connectivity index (χ0) is 47.7. The predicted octanol–water partition coefficient (Wildman–Crippen LogP) is 19.9. The van der Waals surface area contributed by atoms with E-state index < -0.39 is 6.10 Å². The van der Waals surface area contributed by atoms with E-state index >= 15 is 0 Å². The molecule has 0 aliphatic carbocycles. The lowest BCUT2D eigenvalue weighted by Crippen LogP contribution is -2.28. The normalized spacial score (nSPS) is 12.3. The molecule has 0 aromatic heterocycles. The first kappa shape index (κ1) is 64.1. The van der Waals surface area contributed by atoms with Crippen molar-refractivity contribution in [2.24, 2.45) is 0 Å². The fraction of sp³-hybridized carbons (Fsp3) is 0.869. The number of carbonyl (C=O) groups excluding carboxylic acids is 2. The Balaban J connectivity index is 3.34. The fourth-order valence-corrected chi connectivity index (χ4v) is 8.98. The summed E-state index contributed by atoms with van der Waals surface area (Å²) in [4.78, 5) is 24.4. The molecule has 0 spiro atoms. The maximum Gasteiger partial charge on any atom is 0.306 e. The number of aliphatic hydroxyl groups is 1.